The lowest BCUT2D eigenvalue weighted by atomic mass is 10.1. The predicted molar refractivity (Wildman–Crippen MR) is 65.0 cm³/mol. The monoisotopic (exact) mass is 253 g/mol. The van der Waals surface area contributed by atoms with Gasteiger partial charge in [0.25, 0.3) is 0 Å². The number of anilines is 1. The zero-order valence-corrected chi connectivity index (χ0v) is 10.3. The van der Waals surface area contributed by atoms with Crippen LogP contribution in [0.3, 0.4) is 0 Å². The van der Waals surface area contributed by atoms with Gasteiger partial charge in [-0.2, -0.15) is 0 Å². The van der Waals surface area contributed by atoms with Crippen molar-refractivity contribution in [2.75, 3.05) is 11.9 Å². The maximum atomic E-state index is 12.6. The molecule has 1 aliphatic heterocycles. The first kappa shape index (κ1) is 10.9. The lowest BCUT2D eigenvalue weighted by Gasteiger charge is -2.35. The van der Waals surface area contributed by atoms with Crippen LogP contribution in [0.5, 0.6) is 5.75 Å². The van der Waals surface area contributed by atoms with E-state index in [2.05, 4.69) is 5.32 Å². The third-order valence-corrected chi connectivity index (χ3v) is 6.58. The standard InChI is InChI=1S/C12H15NO3S/c14-9-4-3-5-10-11(9)13-8-12(17(10,15)16)6-1-2-7-12/h3-5,13-14H,1-2,6-8H2. The summed E-state index contributed by atoms with van der Waals surface area (Å²) in [4.78, 5) is 0.255. The number of fused-ring (bicyclic) bond motifs is 1. The van der Waals surface area contributed by atoms with Gasteiger partial charge in [0.1, 0.15) is 5.75 Å². The molecule has 0 atom stereocenters. The molecule has 0 saturated heterocycles. The Kier molecular flexibility index (Phi) is 2.17. The minimum absolute atomic E-state index is 0.0129. The average molecular weight is 253 g/mol. The molecule has 1 aromatic rings. The SMILES string of the molecule is O=S1(=O)c2cccc(O)c2NCC12CCCC2. The zero-order valence-electron chi connectivity index (χ0n) is 9.44. The Hall–Kier alpha value is -1.23. The highest BCUT2D eigenvalue weighted by Gasteiger charge is 2.50. The van der Waals surface area contributed by atoms with Gasteiger partial charge in [-0.25, -0.2) is 8.42 Å². The van der Waals surface area contributed by atoms with Crippen LogP contribution in [0, 0.1) is 0 Å². The minimum Gasteiger partial charge on any atom is -0.506 e. The van der Waals surface area contributed by atoms with Gasteiger partial charge in [-0.3, -0.25) is 0 Å². The highest BCUT2D eigenvalue weighted by Crippen LogP contribution is 2.47. The van der Waals surface area contributed by atoms with Crippen molar-refractivity contribution in [3.05, 3.63) is 18.2 Å². The van der Waals surface area contributed by atoms with Crippen LogP contribution in [0.25, 0.3) is 0 Å². The second kappa shape index (κ2) is 3.38. The molecule has 1 saturated carbocycles. The van der Waals surface area contributed by atoms with Crippen LogP contribution in [-0.2, 0) is 9.84 Å². The van der Waals surface area contributed by atoms with Gasteiger partial charge in [-0.15, -0.1) is 0 Å². The first-order chi connectivity index (χ1) is 8.07. The lowest BCUT2D eigenvalue weighted by molar-refractivity contribution is 0.469. The van der Waals surface area contributed by atoms with Crippen molar-refractivity contribution in [3.8, 4) is 5.75 Å². The molecule has 0 radical (unpaired) electrons. The fraction of sp³-hybridized carbons (Fsp3) is 0.500. The van der Waals surface area contributed by atoms with Crippen molar-refractivity contribution in [3.63, 3.8) is 0 Å². The van der Waals surface area contributed by atoms with Crippen molar-refractivity contribution >= 4 is 15.5 Å². The minimum atomic E-state index is -3.33. The molecule has 3 rings (SSSR count). The predicted octanol–water partition coefficient (Wildman–Crippen LogP) is 1.90. The summed E-state index contributed by atoms with van der Waals surface area (Å²) in [7, 11) is -3.33. The molecular formula is C12H15NO3S. The number of benzene rings is 1. The van der Waals surface area contributed by atoms with Gasteiger partial charge in [-0.1, -0.05) is 18.9 Å². The summed E-state index contributed by atoms with van der Waals surface area (Å²) in [6.45, 7) is 0.417. The Bertz CT molecular complexity index is 559. The molecule has 0 bridgehead atoms. The highest BCUT2D eigenvalue weighted by molar-refractivity contribution is 7.93. The molecule has 1 heterocycles. The largest absolute Gasteiger partial charge is 0.506 e. The first-order valence-electron chi connectivity index (χ1n) is 5.87. The molecule has 1 fully saturated rings. The van der Waals surface area contributed by atoms with E-state index in [1.807, 2.05) is 0 Å². The van der Waals surface area contributed by atoms with E-state index in [4.69, 9.17) is 0 Å². The Balaban J connectivity index is 2.22. The molecule has 2 N–H and O–H groups in total. The number of phenolic OH excluding ortho intramolecular Hbond substituents is 1. The molecule has 4 nitrogen and oxygen atoms in total. The summed E-state index contributed by atoms with van der Waals surface area (Å²) in [5, 5.41) is 12.8. The molecule has 2 aliphatic rings. The normalized spacial score (nSPS) is 24.2. The number of phenols is 1. The topological polar surface area (TPSA) is 66.4 Å². The van der Waals surface area contributed by atoms with E-state index in [9.17, 15) is 13.5 Å². The van der Waals surface area contributed by atoms with Crippen LogP contribution in [0.4, 0.5) is 5.69 Å². The number of nitrogens with one attached hydrogen (secondary N) is 1. The van der Waals surface area contributed by atoms with Crippen molar-refractivity contribution in [2.24, 2.45) is 0 Å². The molecule has 0 aromatic heterocycles. The zero-order chi connectivity index (χ0) is 12.1. The van der Waals surface area contributed by atoms with E-state index in [1.54, 1.807) is 12.1 Å². The Morgan fingerprint density at radius 1 is 1.24 bits per heavy atom. The number of hydrogen-bond donors (Lipinski definition) is 2. The molecule has 92 valence electrons. The lowest BCUT2D eigenvalue weighted by Crippen LogP contribution is -2.45. The van der Waals surface area contributed by atoms with E-state index < -0.39 is 14.6 Å². The van der Waals surface area contributed by atoms with E-state index >= 15 is 0 Å². The Labute approximate surface area is 101 Å². The first-order valence-corrected chi connectivity index (χ1v) is 7.36. The van der Waals surface area contributed by atoms with E-state index in [0.29, 0.717) is 12.2 Å². The van der Waals surface area contributed by atoms with Crippen LogP contribution in [0.15, 0.2) is 23.1 Å². The fourth-order valence-electron chi connectivity index (χ4n) is 2.96. The quantitative estimate of drug-likeness (QED) is 0.693. The molecule has 0 amide bonds. The third kappa shape index (κ3) is 1.32. The van der Waals surface area contributed by atoms with Crippen LogP contribution >= 0.6 is 0 Å². The molecule has 0 unspecified atom stereocenters. The van der Waals surface area contributed by atoms with Gasteiger partial charge in [-0.05, 0) is 25.0 Å². The van der Waals surface area contributed by atoms with Crippen molar-refractivity contribution in [2.45, 2.75) is 35.3 Å². The maximum Gasteiger partial charge on any atom is 0.187 e. The molecule has 1 aliphatic carbocycles. The van der Waals surface area contributed by atoms with Gasteiger partial charge in [0.05, 0.1) is 15.3 Å². The highest BCUT2D eigenvalue weighted by atomic mass is 32.2. The third-order valence-electron chi connectivity index (χ3n) is 3.97. The molecule has 17 heavy (non-hydrogen) atoms. The summed E-state index contributed by atoms with van der Waals surface area (Å²) >= 11 is 0. The second-order valence-corrected chi connectivity index (χ2v) is 7.21. The number of sulfone groups is 1. The Morgan fingerprint density at radius 2 is 1.94 bits per heavy atom. The molecular weight excluding hydrogens is 238 g/mol. The molecule has 1 aromatic carbocycles. The van der Waals surface area contributed by atoms with Crippen molar-refractivity contribution in [1.29, 1.82) is 0 Å². The summed E-state index contributed by atoms with van der Waals surface area (Å²) < 4.78 is 24.6. The summed E-state index contributed by atoms with van der Waals surface area (Å²) in [6.07, 6.45) is 3.37. The number of para-hydroxylation sites is 1. The average Bonchev–Trinajstić information content (AvgIpc) is 2.75. The summed E-state index contributed by atoms with van der Waals surface area (Å²) in [5.41, 5.74) is 0.366. The second-order valence-electron chi connectivity index (χ2n) is 4.90. The summed E-state index contributed by atoms with van der Waals surface area (Å²) in [6, 6.07) is 4.67. The van der Waals surface area contributed by atoms with Gasteiger partial charge in [0.15, 0.2) is 9.84 Å². The van der Waals surface area contributed by atoms with Gasteiger partial charge >= 0.3 is 0 Å². The number of hydrogen-bond acceptors (Lipinski definition) is 4. The van der Waals surface area contributed by atoms with E-state index in [1.165, 1.54) is 6.07 Å². The van der Waals surface area contributed by atoms with E-state index in [0.717, 1.165) is 25.7 Å². The smallest absolute Gasteiger partial charge is 0.187 e. The van der Waals surface area contributed by atoms with E-state index in [-0.39, 0.29) is 10.6 Å². The van der Waals surface area contributed by atoms with Crippen LogP contribution < -0.4 is 5.32 Å². The molecule has 5 heteroatoms. The Morgan fingerprint density at radius 3 is 2.65 bits per heavy atom. The van der Waals surface area contributed by atoms with Crippen molar-refractivity contribution in [1.82, 2.24) is 0 Å². The molecule has 1 spiro atoms. The van der Waals surface area contributed by atoms with Crippen molar-refractivity contribution < 1.29 is 13.5 Å². The van der Waals surface area contributed by atoms with Gasteiger partial charge in [0, 0.05) is 6.54 Å². The van der Waals surface area contributed by atoms with Crippen LogP contribution in [-0.4, -0.2) is 24.8 Å². The number of rotatable bonds is 0. The van der Waals surface area contributed by atoms with Crippen LogP contribution in [0.1, 0.15) is 25.7 Å². The van der Waals surface area contributed by atoms with Crippen LogP contribution in [0.2, 0.25) is 0 Å². The summed E-state index contributed by atoms with van der Waals surface area (Å²) in [5.74, 6) is 0.0129. The van der Waals surface area contributed by atoms with Gasteiger partial charge in [0.2, 0.25) is 0 Å². The number of aromatic hydroxyl groups is 1. The van der Waals surface area contributed by atoms with Gasteiger partial charge < -0.3 is 10.4 Å². The maximum absolute atomic E-state index is 12.6. The fourth-order valence-corrected chi connectivity index (χ4v) is 5.22.